The summed E-state index contributed by atoms with van der Waals surface area (Å²) in [6, 6.07) is 0.747. The highest BCUT2D eigenvalue weighted by Crippen LogP contribution is 2.32. The van der Waals surface area contributed by atoms with E-state index in [0.717, 1.165) is 24.5 Å². The van der Waals surface area contributed by atoms with Crippen LogP contribution in [0.5, 0.6) is 0 Å². The lowest BCUT2D eigenvalue weighted by Gasteiger charge is -2.34. The Morgan fingerprint density at radius 3 is 2.58 bits per heavy atom. The lowest BCUT2D eigenvalue weighted by atomic mass is 9.78. The van der Waals surface area contributed by atoms with Crippen LogP contribution in [0.4, 0.5) is 0 Å². The summed E-state index contributed by atoms with van der Waals surface area (Å²) in [5, 5.41) is 3.82. The SMILES string of the molecule is CCCNC(CCC1CCCO1)C1CCC(C)CC1. The summed E-state index contributed by atoms with van der Waals surface area (Å²) in [7, 11) is 0. The van der Waals surface area contributed by atoms with Gasteiger partial charge in [-0.15, -0.1) is 0 Å². The molecule has 0 aromatic carbocycles. The molecule has 0 aromatic rings. The van der Waals surface area contributed by atoms with Gasteiger partial charge in [-0.05, 0) is 63.3 Å². The third-order valence-electron chi connectivity index (χ3n) is 5.11. The normalized spacial score (nSPS) is 33.5. The van der Waals surface area contributed by atoms with Crippen LogP contribution in [0.25, 0.3) is 0 Å². The van der Waals surface area contributed by atoms with Gasteiger partial charge < -0.3 is 10.1 Å². The van der Waals surface area contributed by atoms with Crippen molar-refractivity contribution in [3.05, 3.63) is 0 Å². The summed E-state index contributed by atoms with van der Waals surface area (Å²) in [5.74, 6) is 1.88. The standard InChI is InChI=1S/C17H33NO/c1-3-12-18-17(11-10-16-5-4-13-19-16)15-8-6-14(2)7-9-15/h14-18H,3-13H2,1-2H3. The van der Waals surface area contributed by atoms with Gasteiger partial charge in [0.1, 0.15) is 0 Å². The Morgan fingerprint density at radius 2 is 1.95 bits per heavy atom. The van der Waals surface area contributed by atoms with Gasteiger partial charge in [-0.3, -0.25) is 0 Å². The van der Waals surface area contributed by atoms with E-state index in [2.05, 4.69) is 19.2 Å². The molecule has 1 aliphatic carbocycles. The lowest BCUT2D eigenvalue weighted by molar-refractivity contribution is 0.0947. The third kappa shape index (κ3) is 5.07. The van der Waals surface area contributed by atoms with Gasteiger partial charge in [0.15, 0.2) is 0 Å². The molecule has 1 N–H and O–H groups in total. The molecule has 2 unspecified atom stereocenters. The van der Waals surface area contributed by atoms with Gasteiger partial charge in [-0.25, -0.2) is 0 Å². The largest absolute Gasteiger partial charge is 0.378 e. The van der Waals surface area contributed by atoms with Crippen molar-refractivity contribution in [2.24, 2.45) is 11.8 Å². The number of hydrogen-bond donors (Lipinski definition) is 1. The first-order valence-corrected chi connectivity index (χ1v) is 8.64. The van der Waals surface area contributed by atoms with Crippen LogP contribution in [0.2, 0.25) is 0 Å². The van der Waals surface area contributed by atoms with Crippen LogP contribution in [0.15, 0.2) is 0 Å². The molecule has 0 aromatic heterocycles. The van der Waals surface area contributed by atoms with Gasteiger partial charge in [-0.2, -0.15) is 0 Å². The molecule has 112 valence electrons. The molecular formula is C17H33NO. The Balaban J connectivity index is 1.76. The average molecular weight is 267 g/mol. The van der Waals surface area contributed by atoms with Crippen molar-refractivity contribution in [3.8, 4) is 0 Å². The second-order valence-corrected chi connectivity index (χ2v) is 6.79. The predicted molar refractivity (Wildman–Crippen MR) is 81.4 cm³/mol. The van der Waals surface area contributed by atoms with Crippen molar-refractivity contribution in [2.75, 3.05) is 13.2 Å². The molecule has 1 saturated heterocycles. The summed E-state index contributed by atoms with van der Waals surface area (Å²) < 4.78 is 5.78. The van der Waals surface area contributed by atoms with Gasteiger partial charge in [-0.1, -0.05) is 26.7 Å². The molecule has 1 aliphatic heterocycles. The van der Waals surface area contributed by atoms with Gasteiger partial charge in [0, 0.05) is 12.6 Å². The predicted octanol–water partition coefficient (Wildman–Crippen LogP) is 4.14. The first-order chi connectivity index (χ1) is 9.29. The molecule has 0 radical (unpaired) electrons. The molecule has 1 saturated carbocycles. The van der Waals surface area contributed by atoms with E-state index >= 15 is 0 Å². The van der Waals surface area contributed by atoms with Gasteiger partial charge in [0.25, 0.3) is 0 Å². The monoisotopic (exact) mass is 267 g/mol. The van der Waals surface area contributed by atoms with Crippen molar-refractivity contribution in [2.45, 2.75) is 83.8 Å². The minimum atomic E-state index is 0.563. The van der Waals surface area contributed by atoms with Crippen LogP contribution in [0.3, 0.4) is 0 Å². The van der Waals surface area contributed by atoms with E-state index in [4.69, 9.17) is 4.74 Å². The van der Waals surface area contributed by atoms with Crippen LogP contribution in [-0.2, 0) is 4.74 Å². The van der Waals surface area contributed by atoms with Crippen LogP contribution < -0.4 is 5.32 Å². The highest BCUT2D eigenvalue weighted by atomic mass is 16.5. The maximum Gasteiger partial charge on any atom is 0.0576 e. The first-order valence-electron chi connectivity index (χ1n) is 8.64. The lowest BCUT2D eigenvalue weighted by Crippen LogP contribution is -2.39. The average Bonchev–Trinajstić information content (AvgIpc) is 2.93. The Labute approximate surface area is 119 Å². The van der Waals surface area contributed by atoms with Crippen molar-refractivity contribution in [1.29, 1.82) is 0 Å². The maximum atomic E-state index is 5.78. The summed E-state index contributed by atoms with van der Waals surface area (Å²) in [5.41, 5.74) is 0. The summed E-state index contributed by atoms with van der Waals surface area (Å²) >= 11 is 0. The van der Waals surface area contributed by atoms with Crippen molar-refractivity contribution < 1.29 is 4.74 Å². The van der Waals surface area contributed by atoms with E-state index in [1.54, 1.807) is 0 Å². The zero-order valence-electron chi connectivity index (χ0n) is 13.0. The van der Waals surface area contributed by atoms with Gasteiger partial charge in [0.2, 0.25) is 0 Å². The van der Waals surface area contributed by atoms with Crippen molar-refractivity contribution >= 4 is 0 Å². The molecular weight excluding hydrogens is 234 g/mol. The fourth-order valence-electron chi connectivity index (χ4n) is 3.76. The number of ether oxygens (including phenoxy) is 1. The van der Waals surface area contributed by atoms with E-state index in [0.29, 0.717) is 6.10 Å². The molecule has 2 rings (SSSR count). The minimum Gasteiger partial charge on any atom is -0.378 e. The summed E-state index contributed by atoms with van der Waals surface area (Å²) in [6.07, 6.45) is 12.7. The molecule has 1 heterocycles. The van der Waals surface area contributed by atoms with Crippen LogP contribution in [0.1, 0.15) is 71.6 Å². The van der Waals surface area contributed by atoms with E-state index in [-0.39, 0.29) is 0 Å². The van der Waals surface area contributed by atoms with Gasteiger partial charge >= 0.3 is 0 Å². The Hall–Kier alpha value is -0.0800. The van der Waals surface area contributed by atoms with E-state index in [1.807, 2.05) is 0 Å². The van der Waals surface area contributed by atoms with Crippen LogP contribution in [-0.4, -0.2) is 25.3 Å². The van der Waals surface area contributed by atoms with Gasteiger partial charge in [0.05, 0.1) is 6.10 Å². The van der Waals surface area contributed by atoms with Crippen molar-refractivity contribution in [1.82, 2.24) is 5.32 Å². The third-order valence-corrected chi connectivity index (χ3v) is 5.11. The van der Waals surface area contributed by atoms with E-state index in [1.165, 1.54) is 64.3 Å². The number of rotatable bonds is 7. The molecule has 0 spiro atoms. The molecule has 2 atom stereocenters. The Morgan fingerprint density at radius 1 is 1.16 bits per heavy atom. The topological polar surface area (TPSA) is 21.3 Å². The minimum absolute atomic E-state index is 0.563. The number of nitrogens with one attached hydrogen (secondary N) is 1. The Kier molecular flexibility index (Phi) is 6.66. The fraction of sp³-hybridized carbons (Fsp3) is 1.00. The summed E-state index contributed by atoms with van der Waals surface area (Å²) in [4.78, 5) is 0. The molecule has 0 bridgehead atoms. The molecule has 2 heteroatoms. The van der Waals surface area contributed by atoms with E-state index in [9.17, 15) is 0 Å². The molecule has 19 heavy (non-hydrogen) atoms. The highest BCUT2D eigenvalue weighted by molar-refractivity contribution is 4.82. The quantitative estimate of drug-likeness (QED) is 0.748. The second kappa shape index (κ2) is 8.26. The van der Waals surface area contributed by atoms with Crippen LogP contribution in [0, 0.1) is 11.8 Å². The highest BCUT2D eigenvalue weighted by Gasteiger charge is 2.26. The molecule has 2 nitrogen and oxygen atoms in total. The molecule has 2 aliphatic rings. The zero-order chi connectivity index (χ0) is 13.5. The maximum absolute atomic E-state index is 5.78. The Bertz CT molecular complexity index is 229. The fourth-order valence-corrected chi connectivity index (χ4v) is 3.76. The summed E-state index contributed by atoms with van der Waals surface area (Å²) in [6.45, 7) is 6.87. The molecule has 2 fully saturated rings. The van der Waals surface area contributed by atoms with Crippen molar-refractivity contribution in [3.63, 3.8) is 0 Å². The second-order valence-electron chi connectivity index (χ2n) is 6.79. The van der Waals surface area contributed by atoms with Crippen LogP contribution >= 0.6 is 0 Å². The molecule has 0 amide bonds. The number of hydrogen-bond acceptors (Lipinski definition) is 2. The van der Waals surface area contributed by atoms with E-state index < -0.39 is 0 Å². The zero-order valence-corrected chi connectivity index (χ0v) is 13.0. The first kappa shape index (κ1) is 15.3. The smallest absolute Gasteiger partial charge is 0.0576 e.